The Morgan fingerprint density at radius 3 is 2.22 bits per heavy atom. The number of ether oxygens (including phenoxy) is 1. The zero-order chi connectivity index (χ0) is 13.5. The molecule has 2 amide bonds. The number of methoxy groups -OCH3 is 1. The van der Waals surface area contributed by atoms with Gasteiger partial charge >= 0.3 is 0 Å². The Balaban J connectivity index is 2.46. The third kappa shape index (κ3) is 3.84. The molecule has 5 heteroatoms. The third-order valence-electron chi connectivity index (χ3n) is 3.04. The molecule has 1 aliphatic heterocycles. The fourth-order valence-corrected chi connectivity index (χ4v) is 2.02. The summed E-state index contributed by atoms with van der Waals surface area (Å²) in [4.78, 5) is 27.2. The second-order valence-electron chi connectivity index (χ2n) is 4.40. The van der Waals surface area contributed by atoms with Crippen LogP contribution in [0, 0.1) is 0 Å². The summed E-state index contributed by atoms with van der Waals surface area (Å²) >= 11 is 0. The van der Waals surface area contributed by atoms with Crippen LogP contribution >= 0.6 is 0 Å². The fourth-order valence-electron chi connectivity index (χ4n) is 2.02. The lowest BCUT2D eigenvalue weighted by molar-refractivity contribution is -0.140. The number of amides is 2. The molecular weight excluding hydrogens is 232 g/mol. The van der Waals surface area contributed by atoms with Crippen molar-refractivity contribution < 1.29 is 14.3 Å². The molecule has 0 N–H and O–H groups in total. The van der Waals surface area contributed by atoms with Gasteiger partial charge in [-0.3, -0.25) is 9.59 Å². The van der Waals surface area contributed by atoms with Crippen LogP contribution in [0.15, 0.2) is 11.6 Å². The van der Waals surface area contributed by atoms with Crippen molar-refractivity contribution in [1.82, 2.24) is 9.80 Å². The van der Waals surface area contributed by atoms with Crippen molar-refractivity contribution in [3.05, 3.63) is 11.6 Å². The van der Waals surface area contributed by atoms with Gasteiger partial charge in [0.1, 0.15) is 6.61 Å². The van der Waals surface area contributed by atoms with E-state index in [9.17, 15) is 9.59 Å². The van der Waals surface area contributed by atoms with Gasteiger partial charge in [0.15, 0.2) is 0 Å². The molecule has 102 valence electrons. The molecule has 0 aromatic heterocycles. The van der Waals surface area contributed by atoms with E-state index in [1.165, 1.54) is 7.11 Å². The molecule has 0 saturated carbocycles. The molecule has 0 bridgehead atoms. The molecule has 0 radical (unpaired) electrons. The average Bonchev–Trinajstić information content (AvgIpc) is 2.38. The van der Waals surface area contributed by atoms with Crippen LogP contribution in [-0.2, 0) is 14.3 Å². The SMILES string of the molecule is CCC=C(C)C(=O)N1CCN(C(=O)COC)CC1. The van der Waals surface area contributed by atoms with Crippen LogP contribution in [0.5, 0.6) is 0 Å². The zero-order valence-corrected chi connectivity index (χ0v) is 11.4. The molecule has 5 nitrogen and oxygen atoms in total. The van der Waals surface area contributed by atoms with Gasteiger partial charge in [-0.05, 0) is 13.3 Å². The Labute approximate surface area is 108 Å². The Morgan fingerprint density at radius 1 is 1.17 bits per heavy atom. The predicted molar refractivity (Wildman–Crippen MR) is 69.1 cm³/mol. The molecule has 0 aromatic carbocycles. The van der Waals surface area contributed by atoms with E-state index in [1.807, 2.05) is 19.9 Å². The minimum atomic E-state index is -0.00887. The minimum Gasteiger partial charge on any atom is -0.375 e. The standard InChI is InChI=1S/C13H22N2O3/c1-4-5-11(2)13(17)15-8-6-14(7-9-15)12(16)10-18-3/h5H,4,6-10H2,1-3H3. The van der Waals surface area contributed by atoms with E-state index in [0.717, 1.165) is 12.0 Å². The molecule has 1 heterocycles. The molecule has 1 rings (SSSR count). The lowest BCUT2D eigenvalue weighted by Gasteiger charge is -2.34. The summed E-state index contributed by atoms with van der Waals surface area (Å²) in [7, 11) is 1.51. The molecule has 1 saturated heterocycles. The molecule has 0 aliphatic carbocycles. The van der Waals surface area contributed by atoms with E-state index in [1.54, 1.807) is 9.80 Å². The smallest absolute Gasteiger partial charge is 0.249 e. The molecule has 0 unspecified atom stereocenters. The first kappa shape index (κ1) is 14.7. The highest BCUT2D eigenvalue weighted by Crippen LogP contribution is 2.08. The summed E-state index contributed by atoms with van der Waals surface area (Å²) < 4.78 is 4.82. The van der Waals surface area contributed by atoms with Gasteiger partial charge in [-0.25, -0.2) is 0 Å². The number of rotatable bonds is 4. The molecule has 0 spiro atoms. The molecule has 0 aromatic rings. The van der Waals surface area contributed by atoms with Gasteiger partial charge in [-0.2, -0.15) is 0 Å². The van der Waals surface area contributed by atoms with Crippen LogP contribution in [0.25, 0.3) is 0 Å². The van der Waals surface area contributed by atoms with Crippen LogP contribution in [0.4, 0.5) is 0 Å². The highest BCUT2D eigenvalue weighted by Gasteiger charge is 2.24. The molecule has 18 heavy (non-hydrogen) atoms. The lowest BCUT2D eigenvalue weighted by Crippen LogP contribution is -2.51. The van der Waals surface area contributed by atoms with Gasteiger partial charge in [-0.1, -0.05) is 13.0 Å². The number of nitrogens with zero attached hydrogens (tertiary/aromatic N) is 2. The Bertz CT molecular complexity index is 331. The first-order chi connectivity index (χ1) is 8.60. The summed E-state index contributed by atoms with van der Waals surface area (Å²) in [5.74, 6) is 0.0705. The van der Waals surface area contributed by atoms with E-state index in [2.05, 4.69) is 0 Å². The van der Waals surface area contributed by atoms with Crippen molar-refractivity contribution in [2.75, 3.05) is 39.9 Å². The van der Waals surface area contributed by atoms with Crippen molar-refractivity contribution in [1.29, 1.82) is 0 Å². The van der Waals surface area contributed by atoms with Gasteiger partial charge < -0.3 is 14.5 Å². The lowest BCUT2D eigenvalue weighted by atomic mass is 10.2. The van der Waals surface area contributed by atoms with Crippen LogP contribution in [-0.4, -0.2) is 61.5 Å². The van der Waals surface area contributed by atoms with Crippen molar-refractivity contribution >= 4 is 11.8 Å². The quantitative estimate of drug-likeness (QED) is 0.693. The largest absolute Gasteiger partial charge is 0.375 e. The van der Waals surface area contributed by atoms with Crippen molar-refractivity contribution in [3.63, 3.8) is 0 Å². The monoisotopic (exact) mass is 254 g/mol. The van der Waals surface area contributed by atoms with Crippen molar-refractivity contribution in [2.24, 2.45) is 0 Å². The van der Waals surface area contributed by atoms with E-state index in [-0.39, 0.29) is 18.4 Å². The number of carbonyl (C=O) groups is 2. The molecule has 0 atom stereocenters. The average molecular weight is 254 g/mol. The van der Waals surface area contributed by atoms with Crippen LogP contribution in [0.3, 0.4) is 0 Å². The second-order valence-corrected chi connectivity index (χ2v) is 4.40. The van der Waals surface area contributed by atoms with Crippen molar-refractivity contribution in [3.8, 4) is 0 Å². The maximum absolute atomic E-state index is 12.0. The number of allylic oxidation sites excluding steroid dienone is 1. The Morgan fingerprint density at radius 2 is 1.72 bits per heavy atom. The second kappa shape index (κ2) is 7.16. The van der Waals surface area contributed by atoms with Gasteiger partial charge in [0.05, 0.1) is 0 Å². The Hall–Kier alpha value is -1.36. The van der Waals surface area contributed by atoms with Crippen LogP contribution in [0.2, 0.25) is 0 Å². The zero-order valence-electron chi connectivity index (χ0n) is 11.4. The predicted octanol–water partition coefficient (Wildman–Crippen LogP) is 0.660. The van der Waals surface area contributed by atoms with E-state index >= 15 is 0 Å². The summed E-state index contributed by atoms with van der Waals surface area (Å²) in [6, 6.07) is 0. The number of hydrogen-bond donors (Lipinski definition) is 0. The third-order valence-corrected chi connectivity index (χ3v) is 3.04. The van der Waals surface area contributed by atoms with E-state index in [0.29, 0.717) is 26.2 Å². The topological polar surface area (TPSA) is 49.9 Å². The molecular formula is C13H22N2O3. The van der Waals surface area contributed by atoms with E-state index in [4.69, 9.17) is 4.74 Å². The molecule has 1 fully saturated rings. The summed E-state index contributed by atoms with van der Waals surface area (Å²) in [5.41, 5.74) is 0.786. The fraction of sp³-hybridized carbons (Fsp3) is 0.692. The number of carbonyl (C=O) groups excluding carboxylic acids is 2. The Kier molecular flexibility index (Phi) is 5.85. The normalized spacial score (nSPS) is 16.9. The minimum absolute atomic E-state index is 0.00887. The summed E-state index contributed by atoms with van der Waals surface area (Å²) in [6.07, 6.45) is 2.80. The molecule has 1 aliphatic rings. The first-order valence-electron chi connectivity index (χ1n) is 6.32. The van der Waals surface area contributed by atoms with Crippen LogP contribution < -0.4 is 0 Å². The summed E-state index contributed by atoms with van der Waals surface area (Å²) in [5, 5.41) is 0. The summed E-state index contributed by atoms with van der Waals surface area (Å²) in [6.45, 7) is 6.35. The van der Waals surface area contributed by atoms with Crippen LogP contribution in [0.1, 0.15) is 20.3 Å². The van der Waals surface area contributed by atoms with Gasteiger partial charge in [0, 0.05) is 38.9 Å². The van der Waals surface area contributed by atoms with Gasteiger partial charge in [0.25, 0.3) is 0 Å². The number of hydrogen-bond acceptors (Lipinski definition) is 3. The van der Waals surface area contributed by atoms with Gasteiger partial charge in [0.2, 0.25) is 11.8 Å². The van der Waals surface area contributed by atoms with Crippen molar-refractivity contribution in [2.45, 2.75) is 20.3 Å². The van der Waals surface area contributed by atoms with E-state index < -0.39 is 0 Å². The number of piperazine rings is 1. The first-order valence-corrected chi connectivity index (χ1v) is 6.32. The highest BCUT2D eigenvalue weighted by atomic mass is 16.5. The highest BCUT2D eigenvalue weighted by molar-refractivity contribution is 5.93. The van der Waals surface area contributed by atoms with Gasteiger partial charge in [-0.15, -0.1) is 0 Å². The maximum Gasteiger partial charge on any atom is 0.249 e. The maximum atomic E-state index is 12.0.